The second-order valence-corrected chi connectivity index (χ2v) is 9.55. The van der Waals surface area contributed by atoms with Gasteiger partial charge in [-0.25, -0.2) is 0 Å². The number of hydrogen-bond acceptors (Lipinski definition) is 3. The summed E-state index contributed by atoms with van der Waals surface area (Å²) in [6.07, 6.45) is 3.53. The number of fused-ring (bicyclic) bond motifs is 1. The highest BCUT2D eigenvalue weighted by atomic mass is 19.4. The molecule has 1 aromatic heterocycles. The first-order valence-electron chi connectivity index (χ1n) is 11.0. The Balaban J connectivity index is 1.43. The zero-order valence-electron chi connectivity index (χ0n) is 17.3. The number of aromatic nitrogens is 1. The number of aryl methyl sites for hydroxylation is 1. The Kier molecular flexibility index (Phi) is 5.68. The van der Waals surface area contributed by atoms with Crippen LogP contribution in [0.2, 0.25) is 0 Å². The molecule has 3 aliphatic rings. The van der Waals surface area contributed by atoms with Gasteiger partial charge in [0.05, 0.1) is 11.6 Å². The zero-order chi connectivity index (χ0) is 20.8. The molecule has 5 unspecified atom stereocenters. The van der Waals surface area contributed by atoms with Crippen molar-refractivity contribution in [2.24, 2.45) is 29.6 Å². The average molecular weight is 412 g/mol. The summed E-state index contributed by atoms with van der Waals surface area (Å²) in [6, 6.07) is 0.0848. The first-order chi connectivity index (χ1) is 13.8. The molecule has 4 nitrogen and oxygen atoms in total. The predicted octanol–water partition coefficient (Wildman–Crippen LogP) is 5.16. The highest BCUT2D eigenvalue weighted by molar-refractivity contribution is 5.82. The molecule has 2 aliphatic carbocycles. The van der Waals surface area contributed by atoms with Crippen LogP contribution in [0.25, 0.3) is 0 Å². The molecule has 0 N–H and O–H groups in total. The van der Waals surface area contributed by atoms with Gasteiger partial charge in [0.15, 0.2) is 0 Å². The Bertz CT molecular complexity index is 732. The smallest absolute Gasteiger partial charge is 0.364 e. The van der Waals surface area contributed by atoms with Crippen molar-refractivity contribution in [3.05, 3.63) is 17.5 Å². The largest absolute Gasteiger partial charge is 0.392 e. The number of likely N-dealkylation sites (tertiary alicyclic amines) is 1. The van der Waals surface area contributed by atoms with Gasteiger partial charge in [-0.1, -0.05) is 31.3 Å². The van der Waals surface area contributed by atoms with Crippen LogP contribution in [0.15, 0.2) is 10.8 Å². The fourth-order valence-corrected chi connectivity index (χ4v) is 6.07. The molecule has 0 spiro atoms. The molecule has 162 valence electrons. The molecule has 0 radical (unpaired) electrons. The summed E-state index contributed by atoms with van der Waals surface area (Å²) in [7, 11) is 0. The molecule has 1 aliphatic heterocycles. The molecule has 2 saturated carbocycles. The number of alkyl halides is 3. The maximum Gasteiger partial charge on any atom is 0.392 e. The molecule has 1 saturated heterocycles. The lowest BCUT2D eigenvalue weighted by molar-refractivity contribution is -0.198. The number of rotatable bonds is 4. The van der Waals surface area contributed by atoms with Crippen molar-refractivity contribution in [2.75, 3.05) is 6.54 Å². The molecular formula is C22H31F3N2O2. The van der Waals surface area contributed by atoms with E-state index in [4.69, 9.17) is 4.52 Å². The van der Waals surface area contributed by atoms with E-state index in [1.54, 1.807) is 6.26 Å². The van der Waals surface area contributed by atoms with Crippen molar-refractivity contribution < 1.29 is 22.5 Å². The number of amides is 1. The fourth-order valence-electron chi connectivity index (χ4n) is 6.07. The van der Waals surface area contributed by atoms with Crippen LogP contribution in [0, 0.1) is 36.5 Å². The van der Waals surface area contributed by atoms with E-state index < -0.39 is 23.9 Å². The third kappa shape index (κ3) is 4.06. The van der Waals surface area contributed by atoms with Crippen LogP contribution >= 0.6 is 0 Å². The van der Waals surface area contributed by atoms with Crippen molar-refractivity contribution >= 4 is 5.91 Å². The highest BCUT2D eigenvalue weighted by Crippen LogP contribution is 2.49. The quantitative estimate of drug-likeness (QED) is 0.686. The Morgan fingerprint density at radius 3 is 2.69 bits per heavy atom. The molecule has 7 heteroatoms. The van der Waals surface area contributed by atoms with Gasteiger partial charge in [0.25, 0.3) is 0 Å². The van der Waals surface area contributed by atoms with Gasteiger partial charge in [0.2, 0.25) is 5.91 Å². The monoisotopic (exact) mass is 412 g/mol. The van der Waals surface area contributed by atoms with Crippen LogP contribution in [-0.2, 0) is 11.2 Å². The standard InChI is InChI=1S/C22H31F3N2O2/c1-13(9-20-14(2)12-29-26-20)15-5-3-6-16(10-15)27-11-18-17(21(27)28)7-4-8-19(18)22(23,24)25/h12-13,15-19H,3-11H2,1-2H3/t13-,15?,16?,17?,18?,19?/m0/s1. The van der Waals surface area contributed by atoms with Crippen molar-refractivity contribution in [3.63, 3.8) is 0 Å². The van der Waals surface area contributed by atoms with Crippen LogP contribution in [0.1, 0.15) is 63.1 Å². The lowest BCUT2D eigenvalue weighted by atomic mass is 9.73. The van der Waals surface area contributed by atoms with E-state index in [-0.39, 0.29) is 18.4 Å². The van der Waals surface area contributed by atoms with E-state index in [0.29, 0.717) is 31.2 Å². The highest BCUT2D eigenvalue weighted by Gasteiger charge is 2.55. The Morgan fingerprint density at radius 2 is 2.00 bits per heavy atom. The second-order valence-electron chi connectivity index (χ2n) is 9.55. The first kappa shape index (κ1) is 20.7. The summed E-state index contributed by atoms with van der Waals surface area (Å²) >= 11 is 0. The van der Waals surface area contributed by atoms with Gasteiger partial charge in [-0.2, -0.15) is 13.2 Å². The molecule has 0 aromatic carbocycles. The van der Waals surface area contributed by atoms with Gasteiger partial charge in [-0.15, -0.1) is 0 Å². The lowest BCUT2D eigenvalue weighted by Gasteiger charge is -2.38. The van der Waals surface area contributed by atoms with Crippen molar-refractivity contribution in [1.29, 1.82) is 0 Å². The molecular weight excluding hydrogens is 381 g/mol. The van der Waals surface area contributed by atoms with Crippen LogP contribution in [0.5, 0.6) is 0 Å². The molecule has 2 heterocycles. The third-order valence-electron chi connectivity index (χ3n) is 7.79. The molecule has 3 fully saturated rings. The van der Waals surface area contributed by atoms with E-state index >= 15 is 0 Å². The minimum atomic E-state index is -4.20. The zero-order valence-corrected chi connectivity index (χ0v) is 17.3. The first-order valence-corrected chi connectivity index (χ1v) is 11.0. The minimum Gasteiger partial charge on any atom is -0.364 e. The normalized spacial score (nSPS) is 34.3. The van der Waals surface area contributed by atoms with Gasteiger partial charge in [0.1, 0.15) is 6.26 Å². The minimum absolute atomic E-state index is 0.0189. The Labute approximate surface area is 170 Å². The van der Waals surface area contributed by atoms with E-state index in [1.807, 2.05) is 11.8 Å². The van der Waals surface area contributed by atoms with Gasteiger partial charge in [-0.05, 0) is 56.8 Å². The SMILES string of the molecule is Cc1conc1C[C@H](C)C1CCCC(N2CC3C(CCCC3C(F)(F)F)C2=O)C1. The second kappa shape index (κ2) is 7.95. The number of carbonyl (C=O) groups is 1. The van der Waals surface area contributed by atoms with Crippen molar-refractivity contribution in [2.45, 2.75) is 77.4 Å². The average Bonchev–Trinajstić information content (AvgIpc) is 3.24. The molecule has 6 atom stereocenters. The predicted molar refractivity (Wildman–Crippen MR) is 102 cm³/mol. The molecule has 1 aromatic rings. The van der Waals surface area contributed by atoms with Crippen LogP contribution in [-0.4, -0.2) is 34.7 Å². The number of halogens is 3. The summed E-state index contributed by atoms with van der Waals surface area (Å²) < 4.78 is 45.6. The maximum atomic E-state index is 13.5. The molecule has 4 rings (SSSR count). The van der Waals surface area contributed by atoms with Crippen LogP contribution in [0.4, 0.5) is 13.2 Å². The topological polar surface area (TPSA) is 46.3 Å². The Hall–Kier alpha value is -1.53. The van der Waals surface area contributed by atoms with Crippen LogP contribution in [0.3, 0.4) is 0 Å². The summed E-state index contributed by atoms with van der Waals surface area (Å²) in [4.78, 5) is 14.9. The maximum absolute atomic E-state index is 13.5. The van der Waals surface area contributed by atoms with Crippen molar-refractivity contribution in [3.8, 4) is 0 Å². The van der Waals surface area contributed by atoms with Gasteiger partial charge in [0, 0.05) is 24.1 Å². The summed E-state index contributed by atoms with van der Waals surface area (Å²) in [5, 5.41) is 4.09. The fraction of sp³-hybridized carbons (Fsp3) is 0.818. The van der Waals surface area contributed by atoms with E-state index in [2.05, 4.69) is 12.1 Å². The number of hydrogen-bond donors (Lipinski definition) is 0. The summed E-state index contributed by atoms with van der Waals surface area (Å²) in [6.45, 7) is 4.50. The lowest BCUT2D eigenvalue weighted by Crippen LogP contribution is -2.42. The van der Waals surface area contributed by atoms with E-state index in [0.717, 1.165) is 43.4 Å². The van der Waals surface area contributed by atoms with Gasteiger partial charge >= 0.3 is 6.18 Å². The van der Waals surface area contributed by atoms with Crippen LogP contribution < -0.4 is 0 Å². The van der Waals surface area contributed by atoms with E-state index in [9.17, 15) is 18.0 Å². The third-order valence-corrected chi connectivity index (χ3v) is 7.79. The Morgan fingerprint density at radius 1 is 1.24 bits per heavy atom. The molecule has 29 heavy (non-hydrogen) atoms. The number of carbonyl (C=O) groups excluding carboxylic acids is 1. The van der Waals surface area contributed by atoms with Gasteiger partial charge in [-0.3, -0.25) is 4.79 Å². The summed E-state index contributed by atoms with van der Waals surface area (Å²) in [5.74, 6) is -1.45. The molecule has 1 amide bonds. The van der Waals surface area contributed by atoms with E-state index in [1.165, 1.54) is 0 Å². The number of nitrogens with zero attached hydrogens (tertiary/aromatic N) is 2. The van der Waals surface area contributed by atoms with Crippen molar-refractivity contribution in [1.82, 2.24) is 10.1 Å². The van der Waals surface area contributed by atoms with Gasteiger partial charge < -0.3 is 9.42 Å². The molecule has 0 bridgehead atoms. The summed E-state index contributed by atoms with van der Waals surface area (Å²) in [5.41, 5.74) is 2.04.